The van der Waals surface area contributed by atoms with E-state index in [9.17, 15) is 9.65 Å². The van der Waals surface area contributed by atoms with Crippen LogP contribution in [-0.4, -0.2) is 52.8 Å². The molecule has 0 aliphatic carbocycles. The Bertz CT molecular complexity index is 1470. The van der Waals surface area contributed by atoms with Gasteiger partial charge in [-0.2, -0.15) is 5.26 Å². The number of rotatable bonds is 6. The molecule has 0 amide bonds. The minimum absolute atomic E-state index is 0.00391. The third-order valence-electron chi connectivity index (χ3n) is 6.74. The quantitative estimate of drug-likeness (QED) is 0.399. The standard InChI is InChI=1S/C27H26FN7/c1-31-23-6-5-19(9-21(23)12-30)26-25(18-3-4-20(11-29)22(28)10-18)27-24(13-32-26)35(16-33-27)15-17-7-8-34(2)14-17/h3-6,9-10,12-13,16-17,30-31H,7-8,14-15H2,1-2H3/t17-/m0/s1. The second-order valence-corrected chi connectivity index (χ2v) is 9.03. The summed E-state index contributed by atoms with van der Waals surface area (Å²) in [6.45, 7) is 2.98. The van der Waals surface area contributed by atoms with Crippen LogP contribution in [0, 0.1) is 28.5 Å². The van der Waals surface area contributed by atoms with E-state index in [2.05, 4.69) is 21.8 Å². The van der Waals surface area contributed by atoms with Crippen LogP contribution in [0.2, 0.25) is 0 Å². The average Bonchev–Trinajstić information content (AvgIpc) is 3.48. The van der Waals surface area contributed by atoms with Crippen LogP contribution in [0.1, 0.15) is 17.5 Å². The van der Waals surface area contributed by atoms with E-state index in [-0.39, 0.29) is 5.56 Å². The first-order valence-electron chi connectivity index (χ1n) is 11.6. The number of pyridine rings is 1. The van der Waals surface area contributed by atoms with Gasteiger partial charge in [0.15, 0.2) is 0 Å². The zero-order valence-corrected chi connectivity index (χ0v) is 19.7. The van der Waals surface area contributed by atoms with Gasteiger partial charge in [-0.1, -0.05) is 12.1 Å². The van der Waals surface area contributed by atoms with E-state index in [1.54, 1.807) is 6.07 Å². The van der Waals surface area contributed by atoms with Crippen molar-refractivity contribution in [2.45, 2.75) is 13.0 Å². The molecule has 7 nitrogen and oxygen atoms in total. The van der Waals surface area contributed by atoms with E-state index in [0.717, 1.165) is 53.9 Å². The van der Waals surface area contributed by atoms with Gasteiger partial charge in [-0.3, -0.25) is 4.98 Å². The minimum Gasteiger partial charge on any atom is -0.388 e. The molecule has 35 heavy (non-hydrogen) atoms. The number of fused-ring (bicyclic) bond motifs is 1. The number of halogens is 1. The molecule has 2 aromatic heterocycles. The third-order valence-corrected chi connectivity index (χ3v) is 6.74. The van der Waals surface area contributed by atoms with Crippen LogP contribution in [0.3, 0.4) is 0 Å². The fourth-order valence-electron chi connectivity index (χ4n) is 4.93. The molecule has 0 saturated carbocycles. The Kier molecular flexibility index (Phi) is 6.01. The highest BCUT2D eigenvalue weighted by Gasteiger charge is 2.23. The molecule has 0 unspecified atom stereocenters. The van der Waals surface area contributed by atoms with Gasteiger partial charge >= 0.3 is 0 Å². The molecular weight excluding hydrogens is 441 g/mol. The molecule has 1 saturated heterocycles. The van der Waals surface area contributed by atoms with Crippen LogP contribution in [0.5, 0.6) is 0 Å². The van der Waals surface area contributed by atoms with Crippen LogP contribution >= 0.6 is 0 Å². The summed E-state index contributed by atoms with van der Waals surface area (Å²) in [5, 5.41) is 20.1. The maximum absolute atomic E-state index is 14.7. The number of aromatic nitrogens is 3. The first-order valence-corrected chi connectivity index (χ1v) is 11.6. The van der Waals surface area contributed by atoms with Crippen molar-refractivity contribution in [1.82, 2.24) is 19.4 Å². The minimum atomic E-state index is -0.577. The average molecular weight is 468 g/mol. The van der Waals surface area contributed by atoms with E-state index < -0.39 is 5.82 Å². The van der Waals surface area contributed by atoms with Crippen LogP contribution < -0.4 is 5.32 Å². The maximum Gasteiger partial charge on any atom is 0.141 e. The Balaban J connectivity index is 1.70. The second kappa shape index (κ2) is 9.28. The monoisotopic (exact) mass is 467 g/mol. The Hall–Kier alpha value is -4.09. The Morgan fingerprint density at radius 3 is 2.74 bits per heavy atom. The maximum atomic E-state index is 14.7. The van der Waals surface area contributed by atoms with E-state index in [0.29, 0.717) is 22.7 Å². The van der Waals surface area contributed by atoms with Crippen molar-refractivity contribution in [2.75, 3.05) is 32.5 Å². The Morgan fingerprint density at radius 2 is 2.06 bits per heavy atom. The van der Waals surface area contributed by atoms with Gasteiger partial charge in [-0.15, -0.1) is 0 Å². The third kappa shape index (κ3) is 4.15. The SMILES string of the molecule is CNc1ccc(-c2ncc3c(ncn3C[C@H]3CCN(C)C3)c2-c2ccc(C#N)c(F)c2)cc1C=N. The van der Waals surface area contributed by atoms with E-state index in [1.165, 1.54) is 18.3 Å². The molecule has 1 fully saturated rings. The normalized spacial score (nSPS) is 15.9. The smallest absolute Gasteiger partial charge is 0.141 e. The molecule has 4 aromatic rings. The number of nitrogens with zero attached hydrogens (tertiary/aromatic N) is 5. The van der Waals surface area contributed by atoms with Crippen LogP contribution in [0.15, 0.2) is 48.9 Å². The molecule has 0 spiro atoms. The van der Waals surface area contributed by atoms with Gasteiger partial charge in [0.1, 0.15) is 17.4 Å². The number of nitrogens with one attached hydrogen (secondary N) is 2. The number of nitriles is 1. The molecule has 8 heteroatoms. The van der Waals surface area contributed by atoms with E-state index in [4.69, 9.17) is 15.4 Å². The summed E-state index contributed by atoms with van der Waals surface area (Å²) >= 11 is 0. The topological polar surface area (TPSA) is 93.6 Å². The number of anilines is 1. The lowest BCUT2D eigenvalue weighted by Gasteiger charge is -2.15. The van der Waals surface area contributed by atoms with Gasteiger partial charge in [0.05, 0.1) is 29.3 Å². The number of likely N-dealkylation sites (tertiary alicyclic amines) is 1. The van der Waals surface area contributed by atoms with Crippen molar-refractivity contribution >= 4 is 22.9 Å². The van der Waals surface area contributed by atoms with Crippen LogP contribution in [0.25, 0.3) is 33.4 Å². The van der Waals surface area contributed by atoms with Crippen molar-refractivity contribution in [1.29, 1.82) is 10.7 Å². The molecule has 2 aromatic carbocycles. The molecule has 176 valence electrons. The number of hydrogen-bond donors (Lipinski definition) is 2. The summed E-state index contributed by atoms with van der Waals surface area (Å²) in [6.07, 6.45) is 6.10. The lowest BCUT2D eigenvalue weighted by Crippen LogP contribution is -2.16. The molecule has 5 rings (SSSR count). The Labute approximate surface area is 203 Å². The zero-order chi connectivity index (χ0) is 24.5. The molecular formula is C27H26FN7. The van der Waals surface area contributed by atoms with Crippen molar-refractivity contribution in [3.63, 3.8) is 0 Å². The molecule has 3 heterocycles. The van der Waals surface area contributed by atoms with Crippen molar-refractivity contribution in [2.24, 2.45) is 5.92 Å². The summed E-state index contributed by atoms with van der Waals surface area (Å²) in [4.78, 5) is 11.9. The van der Waals surface area contributed by atoms with Crippen molar-refractivity contribution < 1.29 is 4.39 Å². The highest BCUT2D eigenvalue weighted by molar-refractivity contribution is 6.00. The summed E-state index contributed by atoms with van der Waals surface area (Å²) in [6, 6.07) is 12.2. The van der Waals surface area contributed by atoms with Gasteiger partial charge in [0, 0.05) is 48.7 Å². The van der Waals surface area contributed by atoms with Gasteiger partial charge in [0.25, 0.3) is 0 Å². The van der Waals surface area contributed by atoms with Gasteiger partial charge in [0.2, 0.25) is 0 Å². The molecule has 1 atom stereocenters. The number of benzene rings is 2. The fourth-order valence-corrected chi connectivity index (χ4v) is 4.93. The highest BCUT2D eigenvalue weighted by Crippen LogP contribution is 2.37. The highest BCUT2D eigenvalue weighted by atomic mass is 19.1. The molecule has 0 bridgehead atoms. The molecule has 2 N–H and O–H groups in total. The van der Waals surface area contributed by atoms with Crippen LogP contribution in [0.4, 0.5) is 10.1 Å². The lowest BCUT2D eigenvalue weighted by molar-refractivity contribution is 0.379. The first kappa shape index (κ1) is 22.7. The van der Waals surface area contributed by atoms with Gasteiger partial charge < -0.3 is 20.2 Å². The molecule has 1 aliphatic heterocycles. The first-order chi connectivity index (χ1) is 17.0. The van der Waals surface area contributed by atoms with Gasteiger partial charge in [-0.05, 0) is 55.8 Å². The van der Waals surface area contributed by atoms with Gasteiger partial charge in [-0.25, -0.2) is 9.37 Å². The van der Waals surface area contributed by atoms with Crippen LogP contribution in [-0.2, 0) is 6.54 Å². The number of imidazole rings is 1. The van der Waals surface area contributed by atoms with Crippen molar-refractivity contribution in [3.8, 4) is 28.5 Å². The summed E-state index contributed by atoms with van der Waals surface area (Å²) in [7, 11) is 3.95. The Morgan fingerprint density at radius 1 is 1.23 bits per heavy atom. The number of hydrogen-bond acceptors (Lipinski definition) is 6. The fraction of sp³-hybridized carbons (Fsp3) is 0.259. The van der Waals surface area contributed by atoms with Crippen molar-refractivity contribution in [3.05, 3.63) is 65.9 Å². The summed E-state index contributed by atoms with van der Waals surface area (Å²) < 4.78 is 16.8. The predicted molar refractivity (Wildman–Crippen MR) is 136 cm³/mol. The summed E-state index contributed by atoms with van der Waals surface area (Å²) in [5.41, 5.74) is 5.95. The lowest BCUT2D eigenvalue weighted by atomic mass is 9.95. The summed E-state index contributed by atoms with van der Waals surface area (Å²) in [5.74, 6) is -0.0378. The van der Waals surface area contributed by atoms with E-state index in [1.807, 2.05) is 43.8 Å². The molecule has 0 radical (unpaired) electrons. The van der Waals surface area contributed by atoms with E-state index >= 15 is 0 Å². The second-order valence-electron chi connectivity index (χ2n) is 9.03. The predicted octanol–water partition coefficient (Wildman–Crippen LogP) is 4.77. The zero-order valence-electron chi connectivity index (χ0n) is 19.7. The molecule has 1 aliphatic rings. The largest absolute Gasteiger partial charge is 0.388 e.